The number of benzene rings is 1. The minimum absolute atomic E-state index is 0.0787. The molecule has 0 radical (unpaired) electrons. The lowest BCUT2D eigenvalue weighted by Gasteiger charge is -2.31. The Bertz CT molecular complexity index is 1580. The van der Waals surface area contributed by atoms with Crippen molar-refractivity contribution >= 4 is 21.3 Å². The van der Waals surface area contributed by atoms with E-state index in [0.29, 0.717) is 43.3 Å². The highest BCUT2D eigenvalue weighted by molar-refractivity contribution is 7.93. The predicted molar refractivity (Wildman–Crippen MR) is 156 cm³/mol. The third kappa shape index (κ3) is 5.58. The average Bonchev–Trinajstić information content (AvgIpc) is 3.64. The van der Waals surface area contributed by atoms with Crippen molar-refractivity contribution in [3.05, 3.63) is 60.3 Å². The van der Waals surface area contributed by atoms with Gasteiger partial charge in [0.15, 0.2) is 5.82 Å². The zero-order chi connectivity index (χ0) is 28.6. The van der Waals surface area contributed by atoms with Crippen molar-refractivity contribution < 1.29 is 13.4 Å². The van der Waals surface area contributed by atoms with Gasteiger partial charge >= 0.3 is 0 Å². The average molecular weight is 576 g/mol. The Balaban J connectivity index is 1.33. The van der Waals surface area contributed by atoms with Crippen LogP contribution in [-0.4, -0.2) is 62.1 Å². The molecule has 1 aliphatic heterocycles. The summed E-state index contributed by atoms with van der Waals surface area (Å²) < 4.78 is 32.0. The van der Waals surface area contributed by atoms with E-state index in [1.807, 2.05) is 6.20 Å². The standard InChI is InChI=1S/C30H34FN7O2S/c1-33-41(40)16-14-37(15-17-41)23-9-6-21(7-10-23)26-19-38(27-11-8-22(31)18-34-27)36-28(26)24-4-2-3-5-25(24)29(39)35-30(20-32)12-13-30/h6-11,18-19,24-25H,2-5,12-17H2,1H3,(H,35,39). The number of nitrogens with one attached hydrogen (secondary N) is 1. The van der Waals surface area contributed by atoms with Gasteiger partial charge in [0.1, 0.15) is 11.4 Å². The van der Waals surface area contributed by atoms with Crippen LogP contribution in [0.4, 0.5) is 10.1 Å². The van der Waals surface area contributed by atoms with Crippen LogP contribution in [0.5, 0.6) is 0 Å². The summed E-state index contributed by atoms with van der Waals surface area (Å²) >= 11 is 0. The fraction of sp³-hybridized carbons (Fsp3) is 0.467. The maximum Gasteiger partial charge on any atom is 0.225 e. The lowest BCUT2D eigenvalue weighted by molar-refractivity contribution is -0.127. The first-order valence-corrected chi connectivity index (χ1v) is 16.1. The Hall–Kier alpha value is -3.78. The molecule has 1 aromatic carbocycles. The summed E-state index contributed by atoms with van der Waals surface area (Å²) in [6, 6.07) is 13.5. The lowest BCUT2D eigenvalue weighted by Crippen LogP contribution is -2.42. The van der Waals surface area contributed by atoms with Crippen LogP contribution in [0.15, 0.2) is 53.2 Å². The lowest BCUT2D eigenvalue weighted by atomic mass is 9.75. The normalized spacial score (nSPS) is 22.9. The van der Waals surface area contributed by atoms with Gasteiger partial charge in [-0.05, 0) is 55.5 Å². The predicted octanol–water partition coefficient (Wildman–Crippen LogP) is 4.44. The summed E-state index contributed by atoms with van der Waals surface area (Å²) in [7, 11) is -0.455. The third-order valence-electron chi connectivity index (χ3n) is 8.71. The van der Waals surface area contributed by atoms with Crippen LogP contribution < -0.4 is 10.2 Å². The van der Waals surface area contributed by atoms with Crippen LogP contribution in [0.2, 0.25) is 0 Å². The van der Waals surface area contributed by atoms with Crippen LogP contribution in [0.25, 0.3) is 16.9 Å². The van der Waals surface area contributed by atoms with E-state index in [1.165, 1.54) is 12.3 Å². The molecule has 2 unspecified atom stereocenters. The van der Waals surface area contributed by atoms with Gasteiger partial charge in [0.25, 0.3) is 0 Å². The Labute approximate surface area is 240 Å². The molecule has 9 nitrogen and oxygen atoms in total. The van der Waals surface area contributed by atoms with E-state index in [-0.39, 0.29) is 17.7 Å². The van der Waals surface area contributed by atoms with Crippen molar-refractivity contribution in [3.63, 3.8) is 0 Å². The molecule has 1 amide bonds. The van der Waals surface area contributed by atoms with Gasteiger partial charge in [-0.3, -0.25) is 4.79 Å². The maximum absolute atomic E-state index is 13.6. The summed E-state index contributed by atoms with van der Waals surface area (Å²) in [5.41, 5.74) is 3.01. The number of aromatic nitrogens is 3. The first-order chi connectivity index (χ1) is 19.8. The summed E-state index contributed by atoms with van der Waals surface area (Å²) in [6.45, 7) is 1.38. The monoisotopic (exact) mass is 575 g/mol. The quantitative estimate of drug-likeness (QED) is 0.465. The van der Waals surface area contributed by atoms with E-state index in [2.05, 4.69) is 49.9 Å². The molecule has 3 fully saturated rings. The number of rotatable bonds is 6. The molecule has 2 aliphatic carbocycles. The molecule has 3 aliphatic rings. The van der Waals surface area contributed by atoms with Crippen LogP contribution >= 0.6 is 0 Å². The summed E-state index contributed by atoms with van der Waals surface area (Å²) in [4.78, 5) is 19.9. The first-order valence-electron chi connectivity index (χ1n) is 14.2. The van der Waals surface area contributed by atoms with Gasteiger partial charge in [0, 0.05) is 70.7 Å². The maximum atomic E-state index is 13.6. The number of anilines is 1. The second kappa shape index (κ2) is 10.9. The smallest absolute Gasteiger partial charge is 0.225 e. The molecule has 1 saturated heterocycles. The highest BCUT2D eigenvalue weighted by atomic mass is 32.2. The van der Waals surface area contributed by atoms with E-state index in [0.717, 1.165) is 48.2 Å². The molecule has 11 heteroatoms. The molecule has 2 aromatic heterocycles. The molecule has 1 N–H and O–H groups in total. The van der Waals surface area contributed by atoms with Gasteiger partial charge in [-0.2, -0.15) is 10.4 Å². The molecule has 0 bridgehead atoms. The number of carbonyl (C=O) groups is 1. The Kier molecular flexibility index (Phi) is 7.28. The second-order valence-corrected chi connectivity index (χ2v) is 14.0. The van der Waals surface area contributed by atoms with Gasteiger partial charge in [0.05, 0.1) is 18.0 Å². The topological polar surface area (TPSA) is 116 Å². The van der Waals surface area contributed by atoms with Crippen LogP contribution in [-0.2, 0) is 14.5 Å². The highest BCUT2D eigenvalue weighted by Gasteiger charge is 2.47. The van der Waals surface area contributed by atoms with E-state index in [9.17, 15) is 18.7 Å². The molecule has 2 atom stereocenters. The van der Waals surface area contributed by atoms with Gasteiger partial charge in [-0.15, -0.1) is 0 Å². The third-order valence-corrected chi connectivity index (χ3v) is 11.0. The van der Waals surface area contributed by atoms with Crippen molar-refractivity contribution in [2.45, 2.75) is 50.0 Å². The Morgan fingerprint density at radius 2 is 1.88 bits per heavy atom. The SMILES string of the molecule is CN=S1(=O)CCN(c2ccc(-c3cn(-c4ccc(F)cn4)nc3C3CCCCC3C(=O)NC3(C#N)CC3)cc2)CC1. The molecule has 3 aromatic rings. The minimum atomic E-state index is -2.09. The summed E-state index contributed by atoms with van der Waals surface area (Å²) in [5, 5.41) is 17.5. The van der Waals surface area contributed by atoms with Gasteiger partial charge < -0.3 is 10.2 Å². The summed E-state index contributed by atoms with van der Waals surface area (Å²) in [6.07, 6.45) is 7.94. The molecular formula is C30H34FN7O2S. The molecule has 214 valence electrons. The summed E-state index contributed by atoms with van der Waals surface area (Å²) in [5.74, 6) is 0.702. The molecule has 41 heavy (non-hydrogen) atoms. The van der Waals surface area contributed by atoms with Crippen LogP contribution in [0.1, 0.15) is 50.1 Å². The number of halogens is 1. The zero-order valence-corrected chi connectivity index (χ0v) is 23.9. The zero-order valence-electron chi connectivity index (χ0n) is 23.1. The molecular weight excluding hydrogens is 541 g/mol. The van der Waals surface area contributed by atoms with Crippen molar-refractivity contribution in [2.75, 3.05) is 36.5 Å². The number of amides is 1. The van der Waals surface area contributed by atoms with Crippen LogP contribution in [0, 0.1) is 23.1 Å². The fourth-order valence-corrected chi connectivity index (χ4v) is 7.59. The highest BCUT2D eigenvalue weighted by Crippen LogP contribution is 2.43. The van der Waals surface area contributed by atoms with E-state index < -0.39 is 21.1 Å². The van der Waals surface area contributed by atoms with Crippen molar-refractivity contribution in [2.24, 2.45) is 10.3 Å². The van der Waals surface area contributed by atoms with Crippen molar-refractivity contribution in [1.82, 2.24) is 20.1 Å². The van der Waals surface area contributed by atoms with Crippen molar-refractivity contribution in [3.8, 4) is 23.0 Å². The number of nitrogens with zero attached hydrogens (tertiary/aromatic N) is 6. The van der Waals surface area contributed by atoms with E-state index >= 15 is 0 Å². The Morgan fingerprint density at radius 3 is 2.51 bits per heavy atom. The molecule has 6 rings (SSSR count). The van der Waals surface area contributed by atoms with Gasteiger partial charge in [-0.1, -0.05) is 25.0 Å². The van der Waals surface area contributed by atoms with Gasteiger partial charge in [-0.25, -0.2) is 22.6 Å². The van der Waals surface area contributed by atoms with Crippen molar-refractivity contribution in [1.29, 1.82) is 5.26 Å². The molecule has 2 saturated carbocycles. The number of carbonyl (C=O) groups excluding carboxylic acids is 1. The van der Waals surface area contributed by atoms with E-state index in [4.69, 9.17) is 5.10 Å². The minimum Gasteiger partial charge on any atom is -0.370 e. The number of pyridine rings is 1. The molecule has 3 heterocycles. The van der Waals surface area contributed by atoms with Crippen LogP contribution in [0.3, 0.4) is 0 Å². The van der Waals surface area contributed by atoms with Gasteiger partial charge in [0.2, 0.25) is 5.91 Å². The number of hydrogen-bond acceptors (Lipinski definition) is 7. The van der Waals surface area contributed by atoms with E-state index in [1.54, 1.807) is 17.8 Å². The fourth-order valence-electron chi connectivity index (χ4n) is 6.01. The second-order valence-electron chi connectivity index (χ2n) is 11.3. The number of hydrogen-bond donors (Lipinski definition) is 1. The first kappa shape index (κ1) is 27.4. The largest absolute Gasteiger partial charge is 0.370 e. The Morgan fingerprint density at radius 1 is 1.15 bits per heavy atom. The number of nitriles is 1. The molecule has 0 spiro atoms.